The number of piperazine rings is 1. The van der Waals surface area contributed by atoms with Gasteiger partial charge in [0, 0.05) is 33.1 Å². The lowest BCUT2D eigenvalue weighted by molar-refractivity contribution is -0.384. The number of ether oxygens (including phenoxy) is 1. The number of carbonyl (C=O) groups is 2. The molecule has 1 aliphatic heterocycles. The Morgan fingerprint density at radius 3 is 2.50 bits per heavy atom. The van der Waals surface area contributed by atoms with Gasteiger partial charge in [-0.15, -0.1) is 0 Å². The molecule has 0 saturated carbocycles. The lowest BCUT2D eigenvalue weighted by Crippen LogP contribution is -2.49. The molecule has 0 aliphatic carbocycles. The van der Waals surface area contributed by atoms with E-state index >= 15 is 0 Å². The van der Waals surface area contributed by atoms with E-state index < -0.39 is 4.92 Å². The van der Waals surface area contributed by atoms with Crippen LogP contribution in [0, 0.1) is 10.1 Å². The van der Waals surface area contributed by atoms with Gasteiger partial charge in [0.05, 0.1) is 24.6 Å². The van der Waals surface area contributed by atoms with Crippen molar-refractivity contribution in [2.24, 2.45) is 0 Å². The summed E-state index contributed by atoms with van der Waals surface area (Å²) in [5, 5.41) is 13.7. The summed E-state index contributed by atoms with van der Waals surface area (Å²) in [4.78, 5) is 37.6. The average Bonchev–Trinajstić information content (AvgIpc) is 2.55. The molecule has 1 aromatic carbocycles. The summed E-state index contributed by atoms with van der Waals surface area (Å²) < 4.78 is 4.96. The molecule has 1 saturated heterocycles. The number of hydrogen-bond acceptors (Lipinski definition) is 6. The minimum atomic E-state index is -0.566. The van der Waals surface area contributed by atoms with E-state index in [-0.39, 0.29) is 29.7 Å². The number of nitrogens with zero attached hydrogens (tertiary/aromatic N) is 3. The van der Waals surface area contributed by atoms with Crippen molar-refractivity contribution in [3.63, 3.8) is 0 Å². The van der Waals surface area contributed by atoms with E-state index in [4.69, 9.17) is 4.74 Å². The molecule has 0 bridgehead atoms. The quantitative estimate of drug-likeness (QED) is 0.627. The first-order valence-corrected chi connectivity index (χ1v) is 7.51. The number of anilines is 1. The Bertz CT molecular complexity index is 641. The molecule has 0 aromatic heterocycles. The van der Waals surface area contributed by atoms with E-state index in [0.29, 0.717) is 31.9 Å². The van der Waals surface area contributed by atoms with Crippen LogP contribution in [0.15, 0.2) is 18.2 Å². The van der Waals surface area contributed by atoms with Gasteiger partial charge < -0.3 is 15.0 Å². The van der Waals surface area contributed by atoms with Crippen molar-refractivity contribution < 1.29 is 19.2 Å². The Kier molecular flexibility index (Phi) is 5.69. The van der Waals surface area contributed by atoms with E-state index in [1.54, 1.807) is 11.0 Å². The molecule has 1 aliphatic rings. The topological polar surface area (TPSA) is 105 Å². The Morgan fingerprint density at radius 1 is 1.29 bits per heavy atom. The number of methoxy groups -OCH3 is 1. The van der Waals surface area contributed by atoms with Gasteiger partial charge in [0.25, 0.3) is 5.69 Å². The highest BCUT2D eigenvalue weighted by molar-refractivity contribution is 5.94. The van der Waals surface area contributed by atoms with E-state index in [0.717, 1.165) is 0 Å². The Hall–Kier alpha value is -2.68. The van der Waals surface area contributed by atoms with Crippen LogP contribution in [0.5, 0.6) is 5.75 Å². The smallest absolute Gasteiger partial charge is 0.296 e. The maximum Gasteiger partial charge on any atom is 0.296 e. The highest BCUT2D eigenvalue weighted by Crippen LogP contribution is 2.28. The van der Waals surface area contributed by atoms with Crippen LogP contribution in [0.1, 0.15) is 6.92 Å². The van der Waals surface area contributed by atoms with Gasteiger partial charge in [-0.3, -0.25) is 24.6 Å². The number of nitro groups is 1. The summed E-state index contributed by atoms with van der Waals surface area (Å²) in [5.74, 6) is 0.0348. The lowest BCUT2D eigenvalue weighted by atomic mass is 10.2. The van der Waals surface area contributed by atoms with Gasteiger partial charge in [-0.05, 0) is 12.1 Å². The molecule has 1 fully saturated rings. The van der Waals surface area contributed by atoms with E-state index in [1.807, 2.05) is 4.90 Å². The second-order valence-electron chi connectivity index (χ2n) is 5.47. The summed E-state index contributed by atoms with van der Waals surface area (Å²) in [6.45, 7) is 3.98. The molecule has 0 atom stereocenters. The van der Waals surface area contributed by atoms with Crippen molar-refractivity contribution in [1.82, 2.24) is 9.80 Å². The summed E-state index contributed by atoms with van der Waals surface area (Å²) in [6, 6.07) is 4.26. The molecule has 0 radical (unpaired) electrons. The van der Waals surface area contributed by atoms with Crippen molar-refractivity contribution in [1.29, 1.82) is 0 Å². The maximum absolute atomic E-state index is 12.1. The third kappa shape index (κ3) is 4.42. The summed E-state index contributed by atoms with van der Waals surface area (Å²) >= 11 is 0. The summed E-state index contributed by atoms with van der Waals surface area (Å²) in [7, 11) is 1.41. The molecule has 24 heavy (non-hydrogen) atoms. The monoisotopic (exact) mass is 336 g/mol. The lowest BCUT2D eigenvalue weighted by Gasteiger charge is -2.33. The third-order valence-corrected chi connectivity index (χ3v) is 3.86. The van der Waals surface area contributed by atoms with E-state index in [1.165, 1.54) is 26.2 Å². The van der Waals surface area contributed by atoms with Crippen LogP contribution in [-0.2, 0) is 9.59 Å². The molecule has 0 spiro atoms. The number of rotatable bonds is 5. The van der Waals surface area contributed by atoms with Crippen LogP contribution in [0.3, 0.4) is 0 Å². The van der Waals surface area contributed by atoms with Gasteiger partial charge in [-0.1, -0.05) is 0 Å². The molecule has 130 valence electrons. The predicted octanol–water partition coefficient (Wildman–Crippen LogP) is 0.706. The first-order chi connectivity index (χ1) is 11.4. The van der Waals surface area contributed by atoms with Crippen molar-refractivity contribution in [3.8, 4) is 5.75 Å². The predicted molar refractivity (Wildman–Crippen MR) is 87.0 cm³/mol. The molecule has 2 rings (SSSR count). The van der Waals surface area contributed by atoms with Crippen LogP contribution >= 0.6 is 0 Å². The minimum Gasteiger partial charge on any atom is -0.496 e. The van der Waals surface area contributed by atoms with Gasteiger partial charge in [0.2, 0.25) is 11.8 Å². The van der Waals surface area contributed by atoms with Gasteiger partial charge in [0.1, 0.15) is 11.4 Å². The molecule has 1 N–H and O–H groups in total. The molecule has 0 unspecified atom stereocenters. The number of amides is 2. The fourth-order valence-electron chi connectivity index (χ4n) is 2.51. The third-order valence-electron chi connectivity index (χ3n) is 3.86. The summed E-state index contributed by atoms with van der Waals surface area (Å²) in [5.41, 5.74) is -0.0859. The SMILES string of the molecule is COc1ccc(NC(=O)CN2CCN(C(C)=O)CC2)c([N+](=O)[O-])c1. The van der Waals surface area contributed by atoms with Gasteiger partial charge in [-0.2, -0.15) is 0 Å². The largest absolute Gasteiger partial charge is 0.496 e. The van der Waals surface area contributed by atoms with Crippen LogP contribution in [-0.4, -0.2) is 66.4 Å². The van der Waals surface area contributed by atoms with E-state index in [2.05, 4.69) is 5.32 Å². The standard InChI is InChI=1S/C15H20N4O5/c1-11(20)18-7-5-17(6-8-18)10-15(21)16-13-4-3-12(24-2)9-14(13)19(22)23/h3-4,9H,5-8,10H2,1-2H3,(H,16,21). The number of nitrogens with one attached hydrogen (secondary N) is 1. The minimum absolute atomic E-state index is 0.0213. The maximum atomic E-state index is 12.1. The molecular formula is C15H20N4O5. The Morgan fingerprint density at radius 2 is 1.96 bits per heavy atom. The zero-order chi connectivity index (χ0) is 17.7. The Labute approximate surface area is 139 Å². The fourth-order valence-corrected chi connectivity index (χ4v) is 2.51. The molecule has 2 amide bonds. The summed E-state index contributed by atoms with van der Waals surface area (Å²) in [6.07, 6.45) is 0. The first kappa shape index (κ1) is 17.7. The van der Waals surface area contributed by atoms with Crippen LogP contribution in [0.25, 0.3) is 0 Å². The number of carbonyl (C=O) groups excluding carboxylic acids is 2. The van der Waals surface area contributed by atoms with Crippen molar-refractivity contribution >= 4 is 23.2 Å². The highest BCUT2D eigenvalue weighted by Gasteiger charge is 2.22. The Balaban J connectivity index is 1.95. The van der Waals surface area contributed by atoms with Crippen LogP contribution in [0.2, 0.25) is 0 Å². The zero-order valence-corrected chi connectivity index (χ0v) is 13.7. The first-order valence-electron chi connectivity index (χ1n) is 7.51. The van der Waals surface area contributed by atoms with Gasteiger partial charge in [-0.25, -0.2) is 0 Å². The molecule has 1 heterocycles. The van der Waals surface area contributed by atoms with Crippen molar-refractivity contribution in [2.45, 2.75) is 6.92 Å². The second kappa shape index (κ2) is 7.73. The van der Waals surface area contributed by atoms with Crippen LogP contribution < -0.4 is 10.1 Å². The van der Waals surface area contributed by atoms with Crippen molar-refractivity contribution in [3.05, 3.63) is 28.3 Å². The molecule has 9 heteroatoms. The number of nitro benzene ring substituents is 1. The van der Waals surface area contributed by atoms with Gasteiger partial charge in [0.15, 0.2) is 0 Å². The van der Waals surface area contributed by atoms with Crippen molar-refractivity contribution in [2.75, 3.05) is 45.2 Å². The highest BCUT2D eigenvalue weighted by atomic mass is 16.6. The number of hydrogen-bond donors (Lipinski definition) is 1. The van der Waals surface area contributed by atoms with Crippen LogP contribution in [0.4, 0.5) is 11.4 Å². The fraction of sp³-hybridized carbons (Fsp3) is 0.467. The molecule has 9 nitrogen and oxygen atoms in total. The normalized spacial score (nSPS) is 15.0. The molecule has 1 aromatic rings. The zero-order valence-electron chi connectivity index (χ0n) is 13.7. The second-order valence-corrected chi connectivity index (χ2v) is 5.47. The number of benzene rings is 1. The average molecular weight is 336 g/mol. The van der Waals surface area contributed by atoms with E-state index in [9.17, 15) is 19.7 Å². The van der Waals surface area contributed by atoms with Gasteiger partial charge >= 0.3 is 0 Å². The molecular weight excluding hydrogens is 316 g/mol.